The van der Waals surface area contributed by atoms with E-state index in [4.69, 9.17) is 0 Å². The summed E-state index contributed by atoms with van der Waals surface area (Å²) in [7, 11) is 2.00. The lowest BCUT2D eigenvalue weighted by atomic mass is 9.96. The molecule has 1 aliphatic rings. The predicted molar refractivity (Wildman–Crippen MR) is 90.0 cm³/mol. The number of anilines is 1. The Hall–Kier alpha value is -1.10. The van der Waals surface area contributed by atoms with Crippen molar-refractivity contribution in [1.29, 1.82) is 0 Å². The van der Waals surface area contributed by atoms with Gasteiger partial charge in [0.1, 0.15) is 0 Å². The van der Waals surface area contributed by atoms with Crippen molar-refractivity contribution in [3.8, 4) is 0 Å². The minimum Gasteiger partial charge on any atom is -0.325 e. The monoisotopic (exact) mass is 311 g/mol. The van der Waals surface area contributed by atoms with E-state index >= 15 is 0 Å². The Morgan fingerprint density at radius 1 is 1.29 bits per heavy atom. The zero-order valence-corrected chi connectivity index (χ0v) is 13.7. The van der Waals surface area contributed by atoms with Crippen molar-refractivity contribution in [3.05, 3.63) is 30.3 Å². The SMILES string of the molecule is CNCC1CCN(C(C)C(=O)Nc2ccccc2)CC1.Cl. The Morgan fingerprint density at radius 3 is 2.48 bits per heavy atom. The Kier molecular flexibility index (Phi) is 7.72. The van der Waals surface area contributed by atoms with Crippen LogP contribution in [-0.4, -0.2) is 43.5 Å². The second-order valence-corrected chi connectivity index (χ2v) is 5.57. The first-order chi connectivity index (χ1) is 9.70. The van der Waals surface area contributed by atoms with Crippen LogP contribution in [0, 0.1) is 5.92 Å². The van der Waals surface area contributed by atoms with E-state index in [2.05, 4.69) is 15.5 Å². The Bertz CT molecular complexity index is 419. The molecule has 1 unspecified atom stereocenters. The van der Waals surface area contributed by atoms with Gasteiger partial charge in [-0.25, -0.2) is 0 Å². The maximum Gasteiger partial charge on any atom is 0.241 e. The molecule has 0 saturated carbocycles. The third kappa shape index (κ3) is 5.30. The van der Waals surface area contributed by atoms with E-state index in [0.717, 1.165) is 31.2 Å². The Morgan fingerprint density at radius 2 is 1.90 bits per heavy atom. The maximum atomic E-state index is 12.3. The van der Waals surface area contributed by atoms with Crippen LogP contribution in [0.15, 0.2) is 30.3 Å². The molecular formula is C16H26ClN3O. The summed E-state index contributed by atoms with van der Waals surface area (Å²) >= 11 is 0. The number of carbonyl (C=O) groups is 1. The molecule has 1 amide bonds. The molecule has 1 aliphatic heterocycles. The summed E-state index contributed by atoms with van der Waals surface area (Å²) in [5.74, 6) is 0.837. The molecule has 0 bridgehead atoms. The van der Waals surface area contributed by atoms with Gasteiger partial charge in [-0.2, -0.15) is 0 Å². The quantitative estimate of drug-likeness (QED) is 0.877. The van der Waals surface area contributed by atoms with Gasteiger partial charge in [0.05, 0.1) is 6.04 Å². The van der Waals surface area contributed by atoms with Crippen molar-refractivity contribution >= 4 is 24.0 Å². The molecule has 0 aromatic heterocycles. The number of amides is 1. The summed E-state index contributed by atoms with van der Waals surface area (Å²) in [6.07, 6.45) is 2.34. The molecule has 1 heterocycles. The molecule has 1 atom stereocenters. The number of piperidine rings is 1. The maximum absolute atomic E-state index is 12.3. The number of benzene rings is 1. The molecular weight excluding hydrogens is 286 g/mol. The molecule has 1 fully saturated rings. The van der Waals surface area contributed by atoms with Crippen molar-refractivity contribution < 1.29 is 4.79 Å². The second-order valence-electron chi connectivity index (χ2n) is 5.57. The lowest BCUT2D eigenvalue weighted by molar-refractivity contribution is -0.121. The van der Waals surface area contributed by atoms with Gasteiger partial charge >= 0.3 is 0 Å². The lowest BCUT2D eigenvalue weighted by Gasteiger charge is -2.35. The summed E-state index contributed by atoms with van der Waals surface area (Å²) < 4.78 is 0. The fourth-order valence-electron chi connectivity index (χ4n) is 2.77. The van der Waals surface area contributed by atoms with E-state index in [1.54, 1.807) is 0 Å². The largest absolute Gasteiger partial charge is 0.325 e. The third-order valence-electron chi connectivity index (χ3n) is 4.11. The average molecular weight is 312 g/mol. The molecule has 0 radical (unpaired) electrons. The molecule has 4 nitrogen and oxygen atoms in total. The van der Waals surface area contributed by atoms with Crippen LogP contribution in [0.4, 0.5) is 5.69 Å². The van der Waals surface area contributed by atoms with Gasteiger partial charge in [-0.15, -0.1) is 12.4 Å². The highest BCUT2D eigenvalue weighted by atomic mass is 35.5. The molecule has 2 rings (SSSR count). The van der Waals surface area contributed by atoms with E-state index in [9.17, 15) is 4.79 Å². The number of halogens is 1. The van der Waals surface area contributed by atoms with Crippen molar-refractivity contribution in [2.75, 3.05) is 32.0 Å². The number of likely N-dealkylation sites (tertiary alicyclic amines) is 1. The first-order valence-electron chi connectivity index (χ1n) is 7.45. The van der Waals surface area contributed by atoms with E-state index in [-0.39, 0.29) is 24.4 Å². The molecule has 0 spiro atoms. The number of para-hydroxylation sites is 1. The topological polar surface area (TPSA) is 44.4 Å². The number of hydrogen-bond acceptors (Lipinski definition) is 3. The smallest absolute Gasteiger partial charge is 0.241 e. The highest BCUT2D eigenvalue weighted by molar-refractivity contribution is 5.94. The second kappa shape index (κ2) is 9.03. The normalized spacial score (nSPS) is 17.8. The van der Waals surface area contributed by atoms with Crippen LogP contribution < -0.4 is 10.6 Å². The van der Waals surface area contributed by atoms with Gasteiger partial charge in [0, 0.05) is 5.69 Å². The Balaban J connectivity index is 0.00000220. The fourth-order valence-corrected chi connectivity index (χ4v) is 2.77. The van der Waals surface area contributed by atoms with Crippen molar-refractivity contribution in [3.63, 3.8) is 0 Å². The number of rotatable bonds is 5. The van der Waals surface area contributed by atoms with Crippen LogP contribution in [0.25, 0.3) is 0 Å². The standard InChI is InChI=1S/C16H25N3O.ClH/c1-13(16(20)18-15-6-4-3-5-7-15)19-10-8-14(9-11-19)12-17-2;/h3-7,13-14,17H,8-12H2,1-2H3,(H,18,20);1H. The molecule has 5 heteroatoms. The molecule has 1 aromatic rings. The highest BCUT2D eigenvalue weighted by Gasteiger charge is 2.26. The first kappa shape index (κ1) is 18.0. The van der Waals surface area contributed by atoms with Crippen LogP contribution in [0.5, 0.6) is 0 Å². The van der Waals surface area contributed by atoms with Crippen LogP contribution in [0.1, 0.15) is 19.8 Å². The van der Waals surface area contributed by atoms with Crippen molar-refractivity contribution in [2.24, 2.45) is 5.92 Å². The van der Waals surface area contributed by atoms with Gasteiger partial charge in [-0.3, -0.25) is 9.69 Å². The lowest BCUT2D eigenvalue weighted by Crippen LogP contribution is -2.47. The van der Waals surface area contributed by atoms with E-state index in [1.165, 1.54) is 12.8 Å². The highest BCUT2D eigenvalue weighted by Crippen LogP contribution is 2.19. The molecule has 2 N–H and O–H groups in total. The number of nitrogens with one attached hydrogen (secondary N) is 2. The summed E-state index contributed by atoms with van der Waals surface area (Å²) in [5.41, 5.74) is 0.870. The molecule has 1 saturated heterocycles. The van der Waals surface area contributed by atoms with Gasteiger partial charge in [-0.05, 0) is 64.5 Å². The summed E-state index contributed by atoms with van der Waals surface area (Å²) in [5, 5.41) is 6.22. The summed E-state index contributed by atoms with van der Waals surface area (Å²) in [4.78, 5) is 14.5. The third-order valence-corrected chi connectivity index (χ3v) is 4.11. The minimum absolute atomic E-state index is 0. The van der Waals surface area contributed by atoms with Gasteiger partial charge in [0.25, 0.3) is 0 Å². The van der Waals surface area contributed by atoms with Gasteiger partial charge in [0.2, 0.25) is 5.91 Å². The first-order valence-corrected chi connectivity index (χ1v) is 7.45. The van der Waals surface area contributed by atoms with Gasteiger partial charge in [-0.1, -0.05) is 18.2 Å². The molecule has 118 valence electrons. The fraction of sp³-hybridized carbons (Fsp3) is 0.562. The van der Waals surface area contributed by atoms with Crippen molar-refractivity contribution in [2.45, 2.75) is 25.8 Å². The van der Waals surface area contributed by atoms with Gasteiger partial charge < -0.3 is 10.6 Å². The molecule has 21 heavy (non-hydrogen) atoms. The summed E-state index contributed by atoms with van der Waals surface area (Å²) in [6, 6.07) is 9.59. The van der Waals surface area contributed by atoms with E-state index < -0.39 is 0 Å². The van der Waals surface area contributed by atoms with E-state index in [0.29, 0.717) is 0 Å². The number of hydrogen-bond donors (Lipinski definition) is 2. The van der Waals surface area contributed by atoms with Crippen LogP contribution in [0.3, 0.4) is 0 Å². The molecule has 0 aliphatic carbocycles. The predicted octanol–water partition coefficient (Wildman–Crippen LogP) is 2.37. The van der Waals surface area contributed by atoms with Crippen LogP contribution in [-0.2, 0) is 4.79 Å². The van der Waals surface area contributed by atoms with Crippen LogP contribution in [0.2, 0.25) is 0 Å². The zero-order chi connectivity index (χ0) is 14.4. The number of nitrogens with zero attached hydrogens (tertiary/aromatic N) is 1. The van der Waals surface area contributed by atoms with E-state index in [1.807, 2.05) is 44.3 Å². The van der Waals surface area contributed by atoms with Gasteiger partial charge in [0.15, 0.2) is 0 Å². The minimum atomic E-state index is -0.0641. The van der Waals surface area contributed by atoms with Crippen LogP contribution >= 0.6 is 12.4 Å². The average Bonchev–Trinajstić information content (AvgIpc) is 2.48. The number of carbonyl (C=O) groups excluding carboxylic acids is 1. The van der Waals surface area contributed by atoms with Crippen molar-refractivity contribution in [1.82, 2.24) is 10.2 Å². The molecule has 1 aromatic carbocycles. The summed E-state index contributed by atoms with van der Waals surface area (Å²) in [6.45, 7) is 5.10. The zero-order valence-electron chi connectivity index (χ0n) is 12.8. The Labute approximate surface area is 133 Å².